The van der Waals surface area contributed by atoms with E-state index in [1.165, 1.54) is 36.4 Å². The van der Waals surface area contributed by atoms with Crippen LogP contribution in [-0.4, -0.2) is 127 Å². The number of rotatable bonds is 22. The number of fused-ring (bicyclic) bond motifs is 4. The smallest absolute Gasteiger partial charge is 0.299 e. The molecule has 4 amide bonds. The van der Waals surface area contributed by atoms with Crippen LogP contribution in [0.25, 0.3) is 67.1 Å². The molecule has 140 heavy (non-hydrogen) atoms. The highest BCUT2D eigenvalue weighted by atomic mass is 19.1. The lowest BCUT2D eigenvalue weighted by Crippen LogP contribution is -2.38. The molecule has 4 aliphatic heterocycles. The van der Waals surface area contributed by atoms with Crippen LogP contribution in [0.4, 0.5) is 17.6 Å². The van der Waals surface area contributed by atoms with Gasteiger partial charge in [0.25, 0.3) is 11.8 Å². The Kier molecular flexibility index (Phi) is 30.4. The highest BCUT2D eigenvalue weighted by Crippen LogP contribution is 2.41. The zero-order valence-electron chi connectivity index (χ0n) is 78.2. The molecule has 4 fully saturated rings. The molecule has 4 aliphatic rings. The topological polar surface area (TPSA) is 239 Å². The number of aryl methyl sites for hydroxylation is 2. The molecule has 24 nitrogen and oxygen atoms in total. The molecule has 0 aliphatic carbocycles. The van der Waals surface area contributed by atoms with Gasteiger partial charge < -0.3 is 38.5 Å². The Morgan fingerprint density at radius 3 is 0.964 bits per heavy atom. The van der Waals surface area contributed by atoms with E-state index in [0.29, 0.717) is 48.8 Å². The Labute approximate surface area is 808 Å². The third-order valence-corrected chi connectivity index (χ3v) is 25.4. The number of likely N-dealkylation sites (tertiary alicyclic amines) is 4. The molecule has 28 heteroatoms. The number of piperidine rings is 4. The van der Waals surface area contributed by atoms with Gasteiger partial charge in [0.1, 0.15) is 72.9 Å². The summed E-state index contributed by atoms with van der Waals surface area (Å²) in [7, 11) is 0. The molecule has 0 bridgehead atoms. The highest BCUT2D eigenvalue weighted by Gasteiger charge is 2.37. The lowest BCUT2D eigenvalue weighted by Gasteiger charge is -2.34. The van der Waals surface area contributed by atoms with E-state index in [-0.39, 0.29) is 109 Å². The van der Waals surface area contributed by atoms with Gasteiger partial charge in [0.2, 0.25) is 11.8 Å². The number of carbonyl (C=O) groups is 4. The SMILES string of the molecule is C=CC(=O)N1CCCC[C@H]1c1nc(-c2ccc(COc3cccc(C)c3F)cc2)c2cnccn12.C=CC(=O)N1CCCC[C@H]1c1nc(-c2ccc(OCc3cccc(F)c3)cc2)c2cnccn12.CC#CC(=O)N1CCCC[C@H]1c1nc(-c2ccc(COc3cccc(C)c3F)cc2)c2cnccn12.CC#CC(=O)N1CCCC[C@H]1c1nc(-c2ccc(OCc3cccc(F)c3)cc2)c2cnccn12. The fourth-order valence-corrected chi connectivity index (χ4v) is 18.4. The molecule has 0 unspecified atom stereocenters. The standard InChI is InChI=1S/C29H27FN4O2.C28H27FN4O2.C28H25FN4O2.C27H25FN4O2/c1-3-7-26(35)33-16-5-4-9-23(33)29-32-28(24-18-31-15-17-34(24)29)22-13-11-21(12-14-22)19-36-25-10-6-8-20(2)27(25)30;1-3-25(34)32-15-5-4-8-22(32)28-31-27(23-17-30-14-16-33(23)28)21-12-10-20(11-13-21)18-35-24-9-6-7-19(2)26(24)29;1-2-6-26(34)32-15-4-3-9-24(32)28-31-27(25-18-30-14-16-33(25)28)21-10-12-23(13-11-21)35-19-20-7-5-8-22(29)17-20;1-2-25(33)31-14-4-3-8-23(31)27-30-26(24-17-29-13-15-32(24)27)20-9-11-22(12-10-20)34-18-19-6-5-7-21(28)16-19/h6,8,10-15,17-18,23H,4-5,9,16,19H2,1-2H3;3,6-7,9-14,16-17,22H,1,4-5,8,15,18H2,2H3;5,7-8,10-14,16-18,24H,3-4,9,15,19H2,1H3;2,5-7,9-13,15-17,23H,1,3-4,8,14,18H2/t23-;22-;24-;23-/m0000/s1. The fourth-order valence-electron chi connectivity index (χ4n) is 18.4. The molecule has 20 rings (SSSR count). The second kappa shape index (κ2) is 44.6. The number of carbonyl (C=O) groups excluding carboxylic acids is 4. The summed E-state index contributed by atoms with van der Waals surface area (Å²) in [5, 5.41) is 0. The van der Waals surface area contributed by atoms with Crippen LogP contribution < -0.4 is 18.9 Å². The monoisotopic (exact) mass is 1880 g/mol. The Morgan fingerprint density at radius 1 is 0.364 bits per heavy atom. The number of amides is 4. The van der Waals surface area contributed by atoms with Crippen molar-refractivity contribution < 1.29 is 55.7 Å². The van der Waals surface area contributed by atoms with Crippen molar-refractivity contribution in [2.24, 2.45) is 0 Å². The summed E-state index contributed by atoms with van der Waals surface area (Å²) in [4.78, 5) is 95.1. The van der Waals surface area contributed by atoms with E-state index >= 15 is 0 Å². The maximum atomic E-state index is 14.2. The van der Waals surface area contributed by atoms with Crippen LogP contribution in [0, 0.1) is 60.8 Å². The number of hydrogen-bond donors (Lipinski definition) is 0. The molecule has 0 radical (unpaired) electrons. The summed E-state index contributed by atoms with van der Waals surface area (Å²) >= 11 is 0. The van der Waals surface area contributed by atoms with Crippen molar-refractivity contribution in [3.05, 3.63) is 362 Å². The molecular formula is C112H104F4N16O8. The zero-order chi connectivity index (χ0) is 97.1. The number of aromatic nitrogens is 12. The molecule has 4 saturated heterocycles. The molecule has 8 aromatic heterocycles. The molecule has 0 N–H and O–H groups in total. The summed E-state index contributed by atoms with van der Waals surface area (Å²) < 4.78 is 86.4. The molecule has 708 valence electrons. The average Bonchev–Trinajstić information content (AvgIpc) is 1.63. The van der Waals surface area contributed by atoms with Crippen molar-refractivity contribution >= 4 is 45.7 Å². The van der Waals surface area contributed by atoms with E-state index in [1.807, 2.05) is 171 Å². The second-order valence-corrected chi connectivity index (χ2v) is 34.5. The number of halogens is 4. The van der Waals surface area contributed by atoms with Crippen molar-refractivity contribution in [2.75, 3.05) is 26.2 Å². The van der Waals surface area contributed by atoms with E-state index in [1.54, 1.807) is 126 Å². The first kappa shape index (κ1) is 95.4. The molecule has 8 aromatic carbocycles. The summed E-state index contributed by atoms with van der Waals surface area (Å²) in [5.74, 6) is 14.3. The molecule has 16 aromatic rings. The van der Waals surface area contributed by atoms with Gasteiger partial charge in [-0.3, -0.25) is 56.7 Å². The third-order valence-electron chi connectivity index (χ3n) is 25.4. The predicted molar refractivity (Wildman–Crippen MR) is 527 cm³/mol. The van der Waals surface area contributed by atoms with Crippen molar-refractivity contribution in [2.45, 2.75) is 155 Å². The average molecular weight is 1880 g/mol. The summed E-state index contributed by atoms with van der Waals surface area (Å²) in [5.41, 5.74) is 14.9. The molecule has 0 saturated carbocycles. The van der Waals surface area contributed by atoms with Gasteiger partial charge in [0.15, 0.2) is 23.1 Å². The van der Waals surface area contributed by atoms with E-state index < -0.39 is 0 Å². The molecule has 4 atom stereocenters. The number of benzene rings is 8. The Bertz CT molecular complexity index is 7320. The van der Waals surface area contributed by atoms with Gasteiger partial charge in [-0.1, -0.05) is 122 Å². The van der Waals surface area contributed by atoms with E-state index in [9.17, 15) is 36.7 Å². The van der Waals surface area contributed by atoms with Crippen LogP contribution >= 0.6 is 0 Å². The number of imidazole rings is 4. The minimum absolute atomic E-state index is 0.0724. The predicted octanol–water partition coefficient (Wildman–Crippen LogP) is 21.7. The fraction of sp³-hybridized carbons (Fsp3) is 0.250. The molecular weight excluding hydrogens is 1770 g/mol. The van der Waals surface area contributed by atoms with Gasteiger partial charge in [-0.15, -0.1) is 0 Å². The first-order valence-electron chi connectivity index (χ1n) is 46.9. The highest BCUT2D eigenvalue weighted by molar-refractivity contribution is 5.95. The van der Waals surface area contributed by atoms with Crippen LogP contribution in [0.5, 0.6) is 23.0 Å². The van der Waals surface area contributed by atoms with Crippen LogP contribution in [0.1, 0.15) is 172 Å². The molecule has 12 heterocycles. The molecule has 0 spiro atoms. The van der Waals surface area contributed by atoms with Crippen molar-refractivity contribution in [1.82, 2.24) is 77.1 Å². The van der Waals surface area contributed by atoms with E-state index in [2.05, 4.69) is 56.8 Å². The van der Waals surface area contributed by atoms with Gasteiger partial charge in [-0.05, 0) is 247 Å². The largest absolute Gasteiger partial charge is 0.489 e. The minimum Gasteiger partial charge on any atom is -0.489 e. The van der Waals surface area contributed by atoms with Gasteiger partial charge in [-0.2, -0.15) is 0 Å². The van der Waals surface area contributed by atoms with Crippen LogP contribution in [0.2, 0.25) is 0 Å². The van der Waals surface area contributed by atoms with E-state index in [4.69, 9.17) is 38.9 Å². The van der Waals surface area contributed by atoms with Crippen LogP contribution in [0.3, 0.4) is 0 Å². The first-order chi connectivity index (χ1) is 68.4. The second-order valence-electron chi connectivity index (χ2n) is 34.5. The lowest BCUT2D eigenvalue weighted by atomic mass is 10.0. The van der Waals surface area contributed by atoms with Crippen molar-refractivity contribution in [3.63, 3.8) is 0 Å². The maximum absolute atomic E-state index is 14.2. The van der Waals surface area contributed by atoms with Crippen LogP contribution in [-0.2, 0) is 45.6 Å². The van der Waals surface area contributed by atoms with Crippen molar-refractivity contribution in [3.8, 4) is 91.7 Å². The number of nitrogens with zero attached hydrogens (tertiary/aromatic N) is 16. The Morgan fingerprint density at radius 2 is 0.657 bits per heavy atom. The number of hydrogen-bond acceptors (Lipinski definition) is 16. The van der Waals surface area contributed by atoms with Gasteiger partial charge in [-0.25, -0.2) is 37.5 Å². The lowest BCUT2D eigenvalue weighted by molar-refractivity contribution is -0.130. The van der Waals surface area contributed by atoms with Gasteiger partial charge in [0.05, 0.1) is 93.8 Å². The van der Waals surface area contributed by atoms with E-state index in [0.717, 1.165) is 190 Å². The van der Waals surface area contributed by atoms with Crippen LogP contribution in [0.15, 0.2) is 282 Å². The third kappa shape index (κ3) is 21.7. The summed E-state index contributed by atoms with van der Waals surface area (Å²) in [6, 6.07) is 53.6. The first-order valence-corrected chi connectivity index (χ1v) is 46.9. The maximum Gasteiger partial charge on any atom is 0.299 e. The normalized spacial score (nSPS) is 15.7. The summed E-state index contributed by atoms with van der Waals surface area (Å²) in [6.07, 6.45) is 35.8. The van der Waals surface area contributed by atoms with Gasteiger partial charge >= 0.3 is 0 Å². The van der Waals surface area contributed by atoms with Crippen molar-refractivity contribution in [1.29, 1.82) is 0 Å². The summed E-state index contributed by atoms with van der Waals surface area (Å²) in [6.45, 7) is 18.0. The minimum atomic E-state index is -0.334. The quantitative estimate of drug-likeness (QED) is 0.0348. The Balaban J connectivity index is 0.000000129. The van der Waals surface area contributed by atoms with Gasteiger partial charge in [0, 0.05) is 98.0 Å². The zero-order valence-corrected chi connectivity index (χ0v) is 78.2. The Hall–Kier alpha value is -16.4. The number of ether oxygens (including phenoxy) is 4.